The molecule has 0 aliphatic carbocycles. The van der Waals surface area contributed by atoms with Crippen molar-refractivity contribution < 1.29 is 13.2 Å². The zero-order valence-electron chi connectivity index (χ0n) is 11.7. The first-order valence-electron chi connectivity index (χ1n) is 6.25. The topological polar surface area (TPSA) is 75.3 Å². The molecule has 0 bridgehead atoms. The molecule has 1 aromatic carbocycles. The maximum atomic E-state index is 12.1. The molecule has 0 fully saturated rings. The average Bonchev–Trinajstić information content (AvgIpc) is 2.33. The van der Waals surface area contributed by atoms with Crippen LogP contribution >= 0.6 is 15.9 Å². The van der Waals surface area contributed by atoms with Crippen LogP contribution in [0.2, 0.25) is 0 Å². The van der Waals surface area contributed by atoms with Gasteiger partial charge >= 0.3 is 0 Å². The molecule has 112 valence electrons. The summed E-state index contributed by atoms with van der Waals surface area (Å²) in [5.74, 6) is -0.0210. The average molecular weight is 363 g/mol. The van der Waals surface area contributed by atoms with Crippen molar-refractivity contribution in [2.75, 3.05) is 13.1 Å². The normalized spacial score (nSPS) is 11.7. The van der Waals surface area contributed by atoms with Gasteiger partial charge in [0.1, 0.15) is 0 Å². The minimum absolute atomic E-state index is 0.125. The number of halogens is 1. The molecule has 1 amide bonds. The van der Waals surface area contributed by atoms with Crippen molar-refractivity contribution >= 4 is 31.9 Å². The molecule has 0 saturated carbocycles. The molecular weight excluding hydrogens is 344 g/mol. The van der Waals surface area contributed by atoms with Crippen molar-refractivity contribution in [2.24, 2.45) is 5.92 Å². The van der Waals surface area contributed by atoms with Crippen LogP contribution in [0.25, 0.3) is 0 Å². The first kappa shape index (κ1) is 17.1. The van der Waals surface area contributed by atoms with Gasteiger partial charge in [-0.15, -0.1) is 0 Å². The van der Waals surface area contributed by atoms with Gasteiger partial charge in [0, 0.05) is 11.0 Å². The molecule has 0 saturated heterocycles. The van der Waals surface area contributed by atoms with E-state index in [0.29, 0.717) is 16.9 Å². The maximum absolute atomic E-state index is 12.1. The summed E-state index contributed by atoms with van der Waals surface area (Å²) >= 11 is 3.22. The Kier molecular flexibility index (Phi) is 6.16. The molecule has 0 heterocycles. The van der Waals surface area contributed by atoms with E-state index < -0.39 is 10.0 Å². The van der Waals surface area contributed by atoms with Crippen molar-refractivity contribution in [2.45, 2.75) is 25.7 Å². The van der Waals surface area contributed by atoms with Crippen LogP contribution < -0.4 is 10.0 Å². The van der Waals surface area contributed by atoms with Crippen LogP contribution in [-0.2, 0) is 14.8 Å². The van der Waals surface area contributed by atoms with Gasteiger partial charge in [0.25, 0.3) is 0 Å². The van der Waals surface area contributed by atoms with Crippen LogP contribution in [0.5, 0.6) is 0 Å². The first-order chi connectivity index (χ1) is 9.22. The Morgan fingerprint density at radius 3 is 2.55 bits per heavy atom. The van der Waals surface area contributed by atoms with E-state index in [9.17, 15) is 13.2 Å². The minimum Gasteiger partial charge on any atom is -0.355 e. The first-order valence-corrected chi connectivity index (χ1v) is 8.52. The third kappa shape index (κ3) is 5.22. The number of hydrogen-bond donors (Lipinski definition) is 2. The third-order valence-electron chi connectivity index (χ3n) is 2.51. The molecule has 0 aromatic heterocycles. The highest BCUT2D eigenvalue weighted by atomic mass is 79.9. The monoisotopic (exact) mass is 362 g/mol. The highest BCUT2D eigenvalue weighted by molar-refractivity contribution is 9.10. The van der Waals surface area contributed by atoms with Crippen molar-refractivity contribution in [3.63, 3.8) is 0 Å². The van der Waals surface area contributed by atoms with Gasteiger partial charge in [0.2, 0.25) is 15.9 Å². The number of rotatable bonds is 6. The number of benzene rings is 1. The highest BCUT2D eigenvalue weighted by Gasteiger charge is 2.18. The van der Waals surface area contributed by atoms with Gasteiger partial charge in [0.05, 0.1) is 11.4 Å². The fourth-order valence-electron chi connectivity index (χ4n) is 1.44. The SMILES string of the molecule is Cc1ccc(S(=O)(=O)NCC(=O)NCC(C)C)c(Br)c1. The molecule has 0 aliphatic rings. The summed E-state index contributed by atoms with van der Waals surface area (Å²) in [5.41, 5.74) is 0.950. The zero-order chi connectivity index (χ0) is 15.3. The van der Waals surface area contributed by atoms with Gasteiger partial charge in [-0.3, -0.25) is 4.79 Å². The van der Waals surface area contributed by atoms with Crippen LogP contribution in [0, 0.1) is 12.8 Å². The summed E-state index contributed by atoms with van der Waals surface area (Å²) in [6.45, 7) is 6.06. The maximum Gasteiger partial charge on any atom is 0.242 e. The molecule has 1 rings (SSSR count). The summed E-state index contributed by atoms with van der Waals surface area (Å²) < 4.78 is 26.9. The molecule has 0 spiro atoms. The molecule has 2 N–H and O–H groups in total. The van der Waals surface area contributed by atoms with Crippen LogP contribution in [0.1, 0.15) is 19.4 Å². The summed E-state index contributed by atoms with van der Waals surface area (Å²) in [6, 6.07) is 4.93. The summed E-state index contributed by atoms with van der Waals surface area (Å²) in [5, 5.41) is 2.65. The molecule has 7 heteroatoms. The van der Waals surface area contributed by atoms with Gasteiger partial charge in [-0.1, -0.05) is 19.9 Å². The van der Waals surface area contributed by atoms with E-state index in [4.69, 9.17) is 0 Å². The Morgan fingerprint density at radius 1 is 1.35 bits per heavy atom. The van der Waals surface area contributed by atoms with Gasteiger partial charge in [-0.2, -0.15) is 0 Å². The molecule has 1 aromatic rings. The number of amides is 1. The molecule has 5 nitrogen and oxygen atoms in total. The Labute approximate surface area is 128 Å². The Balaban J connectivity index is 2.68. The number of aryl methyl sites for hydroxylation is 1. The van der Waals surface area contributed by atoms with E-state index in [2.05, 4.69) is 26.0 Å². The smallest absolute Gasteiger partial charge is 0.242 e. The van der Waals surface area contributed by atoms with Crippen LogP contribution in [-0.4, -0.2) is 27.4 Å². The van der Waals surface area contributed by atoms with Crippen LogP contribution in [0.15, 0.2) is 27.6 Å². The van der Waals surface area contributed by atoms with E-state index in [1.165, 1.54) is 6.07 Å². The fourth-order valence-corrected chi connectivity index (χ4v) is 3.61. The van der Waals surface area contributed by atoms with Gasteiger partial charge in [0.15, 0.2) is 0 Å². The molecule has 0 aliphatic heterocycles. The van der Waals surface area contributed by atoms with Crippen molar-refractivity contribution in [3.8, 4) is 0 Å². The Hall–Kier alpha value is -0.920. The predicted octanol–water partition coefficient (Wildman–Crippen LogP) is 1.81. The van der Waals surface area contributed by atoms with Gasteiger partial charge in [-0.25, -0.2) is 13.1 Å². The number of carbonyl (C=O) groups is 1. The molecule has 0 radical (unpaired) electrons. The van der Waals surface area contributed by atoms with Crippen LogP contribution in [0.4, 0.5) is 0 Å². The second-order valence-electron chi connectivity index (χ2n) is 4.96. The fraction of sp³-hybridized carbons (Fsp3) is 0.462. The van der Waals surface area contributed by atoms with E-state index in [-0.39, 0.29) is 17.3 Å². The second kappa shape index (κ2) is 7.19. The van der Waals surface area contributed by atoms with Crippen molar-refractivity contribution in [3.05, 3.63) is 28.2 Å². The van der Waals surface area contributed by atoms with Crippen LogP contribution in [0.3, 0.4) is 0 Å². The molecule has 20 heavy (non-hydrogen) atoms. The van der Waals surface area contributed by atoms with E-state index in [0.717, 1.165) is 5.56 Å². The van der Waals surface area contributed by atoms with E-state index in [1.54, 1.807) is 12.1 Å². The number of hydrogen-bond acceptors (Lipinski definition) is 3. The lowest BCUT2D eigenvalue weighted by Crippen LogP contribution is -2.38. The number of sulfonamides is 1. The standard InChI is InChI=1S/C13H19BrN2O3S/c1-9(2)7-15-13(17)8-16-20(18,19)12-5-4-10(3)6-11(12)14/h4-6,9,16H,7-8H2,1-3H3,(H,15,17). The number of carbonyl (C=O) groups excluding carboxylic acids is 1. The minimum atomic E-state index is -3.70. The summed E-state index contributed by atoms with van der Waals surface area (Å²) in [4.78, 5) is 11.6. The molecule has 0 atom stereocenters. The Morgan fingerprint density at radius 2 is 2.00 bits per heavy atom. The highest BCUT2D eigenvalue weighted by Crippen LogP contribution is 2.22. The van der Waals surface area contributed by atoms with Crippen molar-refractivity contribution in [1.29, 1.82) is 0 Å². The largest absolute Gasteiger partial charge is 0.355 e. The zero-order valence-corrected chi connectivity index (χ0v) is 14.1. The molecular formula is C13H19BrN2O3S. The van der Waals surface area contributed by atoms with E-state index >= 15 is 0 Å². The second-order valence-corrected chi connectivity index (χ2v) is 7.55. The summed E-state index contributed by atoms with van der Waals surface area (Å²) in [6.07, 6.45) is 0. The summed E-state index contributed by atoms with van der Waals surface area (Å²) in [7, 11) is -3.70. The molecule has 0 unspecified atom stereocenters. The lowest BCUT2D eigenvalue weighted by atomic mass is 10.2. The lowest BCUT2D eigenvalue weighted by Gasteiger charge is -2.10. The Bertz CT molecular complexity index is 585. The quantitative estimate of drug-likeness (QED) is 0.810. The van der Waals surface area contributed by atoms with Crippen molar-refractivity contribution in [1.82, 2.24) is 10.0 Å². The third-order valence-corrected chi connectivity index (χ3v) is 4.89. The lowest BCUT2D eigenvalue weighted by molar-refractivity contribution is -0.120. The number of nitrogens with one attached hydrogen (secondary N) is 2. The van der Waals surface area contributed by atoms with Gasteiger partial charge in [-0.05, 0) is 46.5 Å². The predicted molar refractivity (Wildman–Crippen MR) is 81.9 cm³/mol. The van der Waals surface area contributed by atoms with E-state index in [1.807, 2.05) is 20.8 Å². The van der Waals surface area contributed by atoms with Gasteiger partial charge < -0.3 is 5.32 Å².